The molecule has 0 aliphatic carbocycles. The fourth-order valence-electron chi connectivity index (χ4n) is 6.48. The molecule has 0 N–H and O–H groups in total. The highest BCUT2D eigenvalue weighted by molar-refractivity contribution is 6.09. The molecule has 0 spiro atoms. The highest BCUT2D eigenvalue weighted by Gasteiger charge is 2.20. The maximum atomic E-state index is 6.58. The Morgan fingerprint density at radius 2 is 1.52 bits per heavy atom. The van der Waals surface area contributed by atoms with Gasteiger partial charge in [0.25, 0.3) is 0 Å². The molecule has 5 heteroatoms. The number of nitrogens with zero attached hydrogens (tertiary/aromatic N) is 4. The van der Waals surface area contributed by atoms with Gasteiger partial charge in [0.2, 0.25) is 0 Å². The molecule has 230 valence electrons. The van der Waals surface area contributed by atoms with Crippen molar-refractivity contribution in [2.45, 2.75) is 59.8 Å². The summed E-state index contributed by atoms with van der Waals surface area (Å²) < 4.78 is 10.9. The molecular weight excluding hydrogens is 564 g/mol. The van der Waals surface area contributed by atoms with Crippen molar-refractivity contribution in [1.29, 1.82) is 0 Å². The molecule has 0 saturated carbocycles. The van der Waals surface area contributed by atoms with Gasteiger partial charge in [-0.2, -0.15) is 5.10 Å². The van der Waals surface area contributed by atoms with Crippen LogP contribution < -0.4 is 4.74 Å². The lowest BCUT2D eigenvalue weighted by atomic mass is 9.88. The maximum Gasteiger partial charge on any atom is 0.137 e. The molecule has 7 rings (SSSR count). The minimum atomic E-state index is 0.0122. The smallest absolute Gasteiger partial charge is 0.137 e. The topological polar surface area (TPSA) is 44.9 Å². The van der Waals surface area contributed by atoms with Gasteiger partial charge in [0.05, 0.1) is 28.1 Å². The molecule has 0 fully saturated rings. The van der Waals surface area contributed by atoms with E-state index in [4.69, 9.17) is 14.8 Å². The number of hydrogen-bond acceptors (Lipinski definition) is 3. The third-order valence-electron chi connectivity index (χ3n) is 8.82. The summed E-state index contributed by atoms with van der Waals surface area (Å²) in [6.45, 7) is 13.2. The van der Waals surface area contributed by atoms with Crippen LogP contribution >= 0.6 is 0 Å². The lowest BCUT2D eigenvalue weighted by Crippen LogP contribution is -2.12. The molecule has 46 heavy (non-hydrogen) atoms. The second kappa shape index (κ2) is 11.6. The zero-order chi connectivity index (χ0) is 32.0. The zero-order valence-corrected chi connectivity index (χ0v) is 27.5. The molecule has 4 aromatic carbocycles. The number of hydrogen-bond donors (Lipinski definition) is 0. The third kappa shape index (κ3) is 5.26. The zero-order valence-electron chi connectivity index (χ0n) is 27.5. The molecule has 0 aliphatic heterocycles. The largest absolute Gasteiger partial charge is 0.457 e. The van der Waals surface area contributed by atoms with E-state index in [1.54, 1.807) is 0 Å². The Hall–Kier alpha value is -5.16. The van der Waals surface area contributed by atoms with Crippen molar-refractivity contribution in [3.63, 3.8) is 0 Å². The predicted octanol–water partition coefficient (Wildman–Crippen LogP) is 10.6. The Labute approximate surface area is 271 Å². The van der Waals surface area contributed by atoms with Gasteiger partial charge in [0.1, 0.15) is 17.3 Å². The number of pyridine rings is 1. The fraction of sp³-hybridized carbons (Fsp3) is 0.220. The Kier molecular flexibility index (Phi) is 7.48. The van der Waals surface area contributed by atoms with Crippen molar-refractivity contribution in [3.8, 4) is 34.1 Å². The molecule has 5 nitrogen and oxygen atoms in total. The molecule has 0 atom stereocenters. The van der Waals surface area contributed by atoms with Crippen LogP contribution in [0.2, 0.25) is 0 Å². The number of rotatable bonds is 7. The molecule has 0 radical (unpaired) electrons. The highest BCUT2D eigenvalue weighted by atomic mass is 16.5. The summed E-state index contributed by atoms with van der Waals surface area (Å²) in [6, 6.07) is 36.1. The molecule has 0 unspecified atom stereocenters. The quantitative estimate of drug-likeness (QED) is 0.182. The highest BCUT2D eigenvalue weighted by Crippen LogP contribution is 2.37. The van der Waals surface area contributed by atoms with E-state index in [1.165, 1.54) is 38.7 Å². The Morgan fingerprint density at radius 1 is 0.717 bits per heavy atom. The molecule has 3 heterocycles. The van der Waals surface area contributed by atoms with Crippen LogP contribution in [0.1, 0.15) is 57.1 Å². The molecule has 0 bridgehead atoms. The van der Waals surface area contributed by atoms with Gasteiger partial charge in [-0.3, -0.25) is 4.57 Å². The van der Waals surface area contributed by atoms with Crippen molar-refractivity contribution < 1.29 is 4.74 Å². The van der Waals surface area contributed by atoms with Crippen molar-refractivity contribution in [2.24, 2.45) is 0 Å². The number of ether oxygens (including phenoxy) is 1. The van der Waals surface area contributed by atoms with Gasteiger partial charge < -0.3 is 4.74 Å². The van der Waals surface area contributed by atoms with Crippen molar-refractivity contribution in [1.82, 2.24) is 19.3 Å². The van der Waals surface area contributed by atoms with Crippen molar-refractivity contribution in [3.05, 3.63) is 132 Å². The first kappa shape index (κ1) is 29.5. The third-order valence-corrected chi connectivity index (χ3v) is 8.82. The summed E-state index contributed by atoms with van der Waals surface area (Å²) in [5, 5.41) is 7.47. The fourth-order valence-corrected chi connectivity index (χ4v) is 6.48. The first-order valence-corrected chi connectivity index (χ1v) is 16.2. The van der Waals surface area contributed by atoms with Crippen LogP contribution in [0.3, 0.4) is 0 Å². The molecular formula is C41H40N4O. The van der Waals surface area contributed by atoms with Crippen LogP contribution in [0.5, 0.6) is 11.5 Å². The average molecular weight is 605 g/mol. The van der Waals surface area contributed by atoms with Crippen LogP contribution in [0.4, 0.5) is 0 Å². The van der Waals surface area contributed by atoms with Gasteiger partial charge in [0.15, 0.2) is 0 Å². The summed E-state index contributed by atoms with van der Waals surface area (Å²) in [4.78, 5) is 4.84. The SMILES string of the molecule is CCc1nn(-c2cccc(Oc3ccc4c5cc(C)ccc5n(-c5cc(C(C)(C)C)ccn5)c4c3)c2)c(CC)c1-c1ccccc1. The van der Waals surface area contributed by atoms with Crippen molar-refractivity contribution >= 4 is 21.8 Å². The van der Waals surface area contributed by atoms with E-state index >= 15 is 0 Å². The molecule has 7 aromatic rings. The minimum absolute atomic E-state index is 0.0122. The van der Waals surface area contributed by atoms with E-state index in [0.29, 0.717) is 0 Å². The Morgan fingerprint density at radius 3 is 2.28 bits per heavy atom. The van der Waals surface area contributed by atoms with Gasteiger partial charge >= 0.3 is 0 Å². The summed E-state index contributed by atoms with van der Waals surface area (Å²) in [5.41, 5.74) is 10.4. The first-order valence-electron chi connectivity index (χ1n) is 16.2. The van der Waals surface area contributed by atoms with Gasteiger partial charge in [-0.05, 0) is 84.8 Å². The first-order chi connectivity index (χ1) is 22.2. The molecule has 0 aliphatic rings. The standard InChI is InChI=1S/C41H40N4O/c1-7-35-40(28-13-10-9-11-14-28)36(8-2)45(43-35)30-15-12-16-31(25-30)46-32-18-19-33-34-23-27(3)17-20-37(34)44(38(33)26-32)39-24-29(21-22-42-39)41(4,5)6/h9-26H,7-8H2,1-6H3. The van der Waals surface area contributed by atoms with Crippen molar-refractivity contribution in [2.75, 3.05) is 0 Å². The molecule has 0 saturated heterocycles. The molecule has 3 aromatic heterocycles. The van der Waals surface area contributed by atoms with Crippen LogP contribution in [0.25, 0.3) is 44.4 Å². The second-order valence-electron chi connectivity index (χ2n) is 13.0. The second-order valence-corrected chi connectivity index (χ2v) is 13.0. The van der Waals surface area contributed by atoms with Crippen LogP contribution in [-0.2, 0) is 18.3 Å². The molecule has 0 amide bonds. The number of aromatic nitrogens is 4. The number of fused-ring (bicyclic) bond motifs is 3. The summed E-state index contributed by atoms with van der Waals surface area (Å²) >= 11 is 0. The van der Waals surface area contributed by atoms with Gasteiger partial charge in [-0.1, -0.05) is 82.6 Å². The van der Waals surface area contributed by atoms with Crippen LogP contribution in [0.15, 0.2) is 109 Å². The van der Waals surface area contributed by atoms with E-state index in [1.807, 2.05) is 18.3 Å². The van der Waals surface area contributed by atoms with Gasteiger partial charge in [-0.25, -0.2) is 9.67 Å². The lowest BCUT2D eigenvalue weighted by Gasteiger charge is -2.20. The van der Waals surface area contributed by atoms with Crippen LogP contribution in [0, 0.1) is 6.92 Å². The lowest BCUT2D eigenvalue weighted by molar-refractivity contribution is 0.482. The number of aryl methyl sites for hydroxylation is 2. The Balaban J connectivity index is 1.31. The maximum absolute atomic E-state index is 6.58. The summed E-state index contributed by atoms with van der Waals surface area (Å²) in [6.07, 6.45) is 3.65. The number of benzene rings is 4. The predicted molar refractivity (Wildman–Crippen MR) is 190 cm³/mol. The van der Waals surface area contributed by atoms with Crippen LogP contribution in [-0.4, -0.2) is 19.3 Å². The van der Waals surface area contributed by atoms with Gasteiger partial charge in [0, 0.05) is 34.7 Å². The minimum Gasteiger partial charge on any atom is -0.457 e. The monoisotopic (exact) mass is 604 g/mol. The van der Waals surface area contributed by atoms with E-state index in [-0.39, 0.29) is 5.41 Å². The summed E-state index contributed by atoms with van der Waals surface area (Å²) in [7, 11) is 0. The van der Waals surface area contributed by atoms with E-state index in [0.717, 1.165) is 52.6 Å². The Bertz CT molecular complexity index is 2200. The average Bonchev–Trinajstić information content (AvgIpc) is 3.60. The normalized spacial score (nSPS) is 11.9. The summed E-state index contributed by atoms with van der Waals surface area (Å²) in [5.74, 6) is 2.44. The van der Waals surface area contributed by atoms with E-state index < -0.39 is 0 Å². The van der Waals surface area contributed by atoms with E-state index in [2.05, 4.69) is 142 Å². The van der Waals surface area contributed by atoms with Gasteiger partial charge in [-0.15, -0.1) is 0 Å². The van der Waals surface area contributed by atoms with E-state index in [9.17, 15) is 0 Å².